The molecule has 0 spiro atoms. The number of carbonyl (C=O) groups is 1. The summed E-state index contributed by atoms with van der Waals surface area (Å²) in [6, 6.07) is 7.25. The van der Waals surface area contributed by atoms with Gasteiger partial charge >= 0.3 is 0 Å². The van der Waals surface area contributed by atoms with Crippen molar-refractivity contribution in [3.05, 3.63) is 29.3 Å². The summed E-state index contributed by atoms with van der Waals surface area (Å²) in [4.78, 5) is 17.6. The van der Waals surface area contributed by atoms with Crippen molar-refractivity contribution in [1.29, 1.82) is 0 Å². The molecule has 0 heterocycles. The van der Waals surface area contributed by atoms with E-state index >= 15 is 0 Å². The fourth-order valence-corrected chi connectivity index (χ4v) is 1.98. The minimum atomic E-state index is -0.0787. The van der Waals surface area contributed by atoms with Gasteiger partial charge in [-0.25, -0.2) is 4.99 Å². The molecule has 1 amide bonds. The van der Waals surface area contributed by atoms with E-state index in [4.69, 9.17) is 16.3 Å². The summed E-state index contributed by atoms with van der Waals surface area (Å²) in [7, 11) is 3.49. The van der Waals surface area contributed by atoms with Crippen molar-refractivity contribution in [3.8, 4) is 5.75 Å². The van der Waals surface area contributed by atoms with Crippen LogP contribution < -0.4 is 15.4 Å². The molecule has 1 atom stereocenters. The van der Waals surface area contributed by atoms with Gasteiger partial charge in [-0.2, -0.15) is 0 Å². The number of carbonyl (C=O) groups excluding carboxylic acids is 1. The van der Waals surface area contributed by atoms with Gasteiger partial charge in [0.15, 0.2) is 5.96 Å². The van der Waals surface area contributed by atoms with Crippen LogP contribution in [-0.2, 0) is 4.79 Å². The Labute approximate surface area is 172 Å². The van der Waals surface area contributed by atoms with Crippen LogP contribution in [0.2, 0.25) is 5.02 Å². The second kappa shape index (κ2) is 13.0. The summed E-state index contributed by atoms with van der Waals surface area (Å²) in [6.45, 7) is 5.74. The molecule has 0 radical (unpaired) electrons. The first-order valence-corrected chi connectivity index (χ1v) is 8.44. The quantitative estimate of drug-likeness (QED) is 0.340. The zero-order valence-electron chi connectivity index (χ0n) is 15.2. The van der Waals surface area contributed by atoms with Crippen molar-refractivity contribution < 1.29 is 9.53 Å². The highest BCUT2D eigenvalue weighted by molar-refractivity contribution is 14.0. The van der Waals surface area contributed by atoms with Crippen LogP contribution in [-0.4, -0.2) is 56.6 Å². The third kappa shape index (κ3) is 10.4. The monoisotopic (exact) mass is 482 g/mol. The summed E-state index contributed by atoms with van der Waals surface area (Å²) in [5, 5.41) is 6.98. The number of rotatable bonds is 8. The van der Waals surface area contributed by atoms with Crippen LogP contribution in [0, 0.1) is 0 Å². The van der Waals surface area contributed by atoms with Gasteiger partial charge in [0.05, 0.1) is 6.54 Å². The van der Waals surface area contributed by atoms with Crippen LogP contribution in [0.3, 0.4) is 0 Å². The zero-order chi connectivity index (χ0) is 17.9. The number of nitrogens with one attached hydrogen (secondary N) is 2. The second-order valence-corrected chi connectivity index (χ2v) is 6.00. The third-order valence-electron chi connectivity index (χ3n) is 3.13. The fourth-order valence-electron chi connectivity index (χ4n) is 1.86. The first kappa shape index (κ1) is 23.8. The van der Waals surface area contributed by atoms with E-state index in [0.717, 1.165) is 12.3 Å². The SMILES string of the molecule is CCNC(=NCC(C)Oc1ccc(Cl)cc1)NCCC(=O)N(C)C.I. The lowest BCUT2D eigenvalue weighted by Crippen LogP contribution is -2.39. The molecule has 25 heavy (non-hydrogen) atoms. The number of hydrogen-bond acceptors (Lipinski definition) is 3. The number of aliphatic imine (C=N–C) groups is 1. The zero-order valence-corrected chi connectivity index (χ0v) is 18.3. The van der Waals surface area contributed by atoms with Gasteiger partial charge in [-0.05, 0) is 38.1 Å². The summed E-state index contributed by atoms with van der Waals surface area (Å²) in [6.07, 6.45) is 0.346. The van der Waals surface area contributed by atoms with Gasteiger partial charge in [-0.3, -0.25) is 4.79 Å². The normalized spacial score (nSPS) is 12.0. The fraction of sp³-hybridized carbons (Fsp3) is 0.529. The van der Waals surface area contributed by atoms with Crippen LogP contribution in [0.1, 0.15) is 20.3 Å². The number of ether oxygens (including phenoxy) is 1. The molecule has 0 saturated heterocycles. The Balaban J connectivity index is 0.00000576. The highest BCUT2D eigenvalue weighted by Crippen LogP contribution is 2.16. The van der Waals surface area contributed by atoms with Crippen molar-refractivity contribution in [1.82, 2.24) is 15.5 Å². The molecule has 142 valence electrons. The van der Waals surface area contributed by atoms with E-state index in [0.29, 0.717) is 30.5 Å². The van der Waals surface area contributed by atoms with Crippen molar-refractivity contribution in [2.75, 3.05) is 33.7 Å². The lowest BCUT2D eigenvalue weighted by Gasteiger charge is -2.16. The summed E-state index contributed by atoms with van der Waals surface area (Å²) < 4.78 is 5.79. The van der Waals surface area contributed by atoms with Crippen LogP contribution >= 0.6 is 35.6 Å². The number of guanidine groups is 1. The molecule has 1 unspecified atom stereocenters. The van der Waals surface area contributed by atoms with Crippen LogP contribution in [0.15, 0.2) is 29.3 Å². The molecule has 0 fully saturated rings. The molecule has 0 bridgehead atoms. The van der Waals surface area contributed by atoms with Gasteiger partial charge in [-0.1, -0.05) is 11.6 Å². The van der Waals surface area contributed by atoms with E-state index in [-0.39, 0.29) is 36.0 Å². The van der Waals surface area contributed by atoms with Crippen LogP contribution in [0.5, 0.6) is 5.75 Å². The maximum absolute atomic E-state index is 11.6. The lowest BCUT2D eigenvalue weighted by molar-refractivity contribution is -0.128. The molecular formula is C17H28ClIN4O2. The average molecular weight is 483 g/mol. The molecule has 0 saturated carbocycles. The molecule has 1 rings (SSSR count). The molecular weight excluding hydrogens is 455 g/mol. The first-order chi connectivity index (χ1) is 11.4. The van der Waals surface area contributed by atoms with Gasteiger partial charge in [0, 0.05) is 38.6 Å². The predicted octanol–water partition coefficient (Wildman–Crippen LogP) is 2.76. The maximum Gasteiger partial charge on any atom is 0.223 e. The van der Waals surface area contributed by atoms with Gasteiger partial charge < -0.3 is 20.3 Å². The number of amides is 1. The molecule has 1 aromatic rings. The largest absolute Gasteiger partial charge is 0.489 e. The van der Waals surface area contributed by atoms with E-state index in [2.05, 4.69) is 15.6 Å². The molecule has 6 nitrogen and oxygen atoms in total. The van der Waals surface area contributed by atoms with Crippen molar-refractivity contribution in [2.24, 2.45) is 4.99 Å². The Morgan fingerprint density at radius 3 is 2.48 bits per heavy atom. The van der Waals surface area contributed by atoms with Gasteiger partial charge in [0.2, 0.25) is 5.91 Å². The summed E-state index contributed by atoms with van der Waals surface area (Å²) >= 11 is 5.85. The predicted molar refractivity (Wildman–Crippen MR) is 114 cm³/mol. The number of nitrogens with zero attached hydrogens (tertiary/aromatic N) is 2. The molecule has 0 aromatic heterocycles. The maximum atomic E-state index is 11.6. The highest BCUT2D eigenvalue weighted by Gasteiger charge is 2.06. The minimum Gasteiger partial charge on any atom is -0.489 e. The minimum absolute atomic E-state index is 0. The van der Waals surface area contributed by atoms with E-state index in [1.54, 1.807) is 31.1 Å². The van der Waals surface area contributed by atoms with Gasteiger partial charge in [0.25, 0.3) is 0 Å². The molecule has 2 N–H and O–H groups in total. The van der Waals surface area contributed by atoms with Crippen molar-refractivity contribution in [2.45, 2.75) is 26.4 Å². The smallest absolute Gasteiger partial charge is 0.223 e. The van der Waals surface area contributed by atoms with Crippen molar-refractivity contribution in [3.63, 3.8) is 0 Å². The Hall–Kier alpha value is -1.22. The second-order valence-electron chi connectivity index (χ2n) is 5.57. The Kier molecular flexibility index (Phi) is 12.4. The standard InChI is InChI=1S/C17H27ClN4O2.HI/c1-5-19-17(20-11-10-16(23)22(3)4)21-12-13(2)24-15-8-6-14(18)7-9-15;/h6-9,13H,5,10-12H2,1-4H3,(H2,19,20,21);1H. The number of benzene rings is 1. The van der Waals surface area contributed by atoms with E-state index in [1.165, 1.54) is 0 Å². The van der Waals surface area contributed by atoms with E-state index in [9.17, 15) is 4.79 Å². The van der Waals surface area contributed by atoms with E-state index in [1.807, 2.05) is 26.0 Å². The Morgan fingerprint density at radius 1 is 1.28 bits per heavy atom. The molecule has 0 aliphatic heterocycles. The first-order valence-electron chi connectivity index (χ1n) is 8.07. The summed E-state index contributed by atoms with van der Waals surface area (Å²) in [5.41, 5.74) is 0. The van der Waals surface area contributed by atoms with Crippen LogP contribution in [0.25, 0.3) is 0 Å². The Bertz CT molecular complexity index is 538. The molecule has 8 heteroatoms. The lowest BCUT2D eigenvalue weighted by atomic mass is 10.3. The van der Waals surface area contributed by atoms with E-state index < -0.39 is 0 Å². The number of halogens is 2. The molecule has 1 aromatic carbocycles. The Morgan fingerprint density at radius 2 is 1.92 bits per heavy atom. The third-order valence-corrected chi connectivity index (χ3v) is 3.38. The van der Waals surface area contributed by atoms with Crippen LogP contribution in [0.4, 0.5) is 0 Å². The van der Waals surface area contributed by atoms with Gasteiger partial charge in [-0.15, -0.1) is 24.0 Å². The number of hydrogen-bond donors (Lipinski definition) is 2. The van der Waals surface area contributed by atoms with Gasteiger partial charge in [0.1, 0.15) is 11.9 Å². The van der Waals surface area contributed by atoms with Crippen molar-refractivity contribution >= 4 is 47.4 Å². The average Bonchev–Trinajstić information content (AvgIpc) is 2.54. The molecule has 0 aliphatic rings. The topological polar surface area (TPSA) is 66.0 Å². The molecule has 0 aliphatic carbocycles. The highest BCUT2D eigenvalue weighted by atomic mass is 127. The summed E-state index contributed by atoms with van der Waals surface area (Å²) in [5.74, 6) is 1.52.